The maximum absolute atomic E-state index is 14.2. The first-order chi connectivity index (χ1) is 20.3. The second-order valence-electron chi connectivity index (χ2n) is 9.85. The van der Waals surface area contributed by atoms with Crippen molar-refractivity contribution in [1.82, 2.24) is 15.0 Å². The Morgan fingerprint density at radius 2 is 1.00 bits per heavy atom. The molecule has 0 fully saturated rings. The van der Waals surface area contributed by atoms with Gasteiger partial charge in [0.1, 0.15) is 29.0 Å². The van der Waals surface area contributed by atoms with E-state index in [9.17, 15) is 17.6 Å². The highest BCUT2D eigenvalue weighted by Crippen LogP contribution is 2.43. The zero-order chi connectivity index (χ0) is 29.0. The molecule has 0 spiro atoms. The van der Waals surface area contributed by atoms with Gasteiger partial charge in [-0.25, -0.2) is 32.5 Å². The fourth-order valence-electron chi connectivity index (χ4n) is 5.15. The van der Waals surface area contributed by atoms with Gasteiger partial charge in [0.05, 0.1) is 37.7 Å². The van der Waals surface area contributed by atoms with Gasteiger partial charge in [-0.3, -0.25) is 0 Å². The lowest BCUT2D eigenvalue weighted by Crippen LogP contribution is -1.95. The Hall–Kier alpha value is -4.95. The molecule has 0 radical (unpaired) electrons. The van der Waals surface area contributed by atoms with E-state index in [1.807, 2.05) is 19.1 Å². The number of thiophene rings is 1. The van der Waals surface area contributed by atoms with E-state index in [0.717, 1.165) is 31.8 Å². The second kappa shape index (κ2) is 10.2. The van der Waals surface area contributed by atoms with Crippen molar-refractivity contribution in [2.45, 2.75) is 6.92 Å². The van der Waals surface area contributed by atoms with Gasteiger partial charge in [0, 0.05) is 28.6 Å². The third-order valence-electron chi connectivity index (χ3n) is 7.16. The number of nitrogens with zero attached hydrogens (tertiary/aromatic N) is 3. The molecule has 7 aromatic rings. The summed E-state index contributed by atoms with van der Waals surface area (Å²) in [5.74, 6) is -1.57. The molecule has 0 saturated carbocycles. The zero-order valence-corrected chi connectivity index (χ0v) is 22.8. The van der Waals surface area contributed by atoms with Gasteiger partial charge in [-0.15, -0.1) is 11.3 Å². The molecular weight excluding hydrogens is 558 g/mol. The van der Waals surface area contributed by atoms with Crippen LogP contribution in [0.3, 0.4) is 0 Å². The highest BCUT2D eigenvalue weighted by atomic mass is 32.1. The molecule has 4 aromatic carbocycles. The van der Waals surface area contributed by atoms with Crippen molar-refractivity contribution < 1.29 is 17.6 Å². The van der Waals surface area contributed by atoms with Crippen LogP contribution in [-0.4, -0.2) is 15.0 Å². The smallest absolute Gasteiger partial charge is 0.125 e. The van der Waals surface area contributed by atoms with E-state index < -0.39 is 11.6 Å². The van der Waals surface area contributed by atoms with E-state index in [-0.39, 0.29) is 11.6 Å². The van der Waals surface area contributed by atoms with Gasteiger partial charge < -0.3 is 0 Å². The van der Waals surface area contributed by atoms with Gasteiger partial charge in [-0.2, -0.15) is 0 Å². The Morgan fingerprint density at radius 1 is 0.476 bits per heavy atom. The zero-order valence-electron chi connectivity index (χ0n) is 22.0. The van der Waals surface area contributed by atoms with E-state index in [1.54, 1.807) is 36.4 Å². The Labute approximate surface area is 241 Å². The summed E-state index contributed by atoms with van der Waals surface area (Å²) in [4.78, 5) is 16.0. The molecule has 42 heavy (non-hydrogen) atoms. The van der Waals surface area contributed by atoms with E-state index in [0.29, 0.717) is 39.2 Å². The summed E-state index contributed by atoms with van der Waals surface area (Å²) in [6, 6.07) is 24.6. The van der Waals surface area contributed by atoms with Crippen LogP contribution in [0, 0.1) is 30.2 Å². The van der Waals surface area contributed by atoms with Crippen LogP contribution in [0.4, 0.5) is 17.6 Å². The average molecular weight is 578 g/mol. The summed E-state index contributed by atoms with van der Waals surface area (Å²) in [6.07, 6.45) is 0. The van der Waals surface area contributed by atoms with Crippen LogP contribution < -0.4 is 0 Å². The number of benzene rings is 4. The molecule has 0 unspecified atom stereocenters. The number of aromatic nitrogens is 3. The normalized spacial score (nSPS) is 11.5. The SMILES string of the molecule is Cc1c(-c2ccc(F)cc2)c(-c2ccc(-c3nc4ccc(F)cc4nc3-c3ccc(F)cc3)s2)nc2cc(F)ccc12. The van der Waals surface area contributed by atoms with Crippen LogP contribution in [0.2, 0.25) is 0 Å². The quantitative estimate of drug-likeness (QED) is 0.196. The largest absolute Gasteiger partial charge is 0.246 e. The summed E-state index contributed by atoms with van der Waals surface area (Å²) in [5, 5.41) is 0.794. The molecule has 8 heteroatoms. The molecule has 0 bridgehead atoms. The Bertz CT molecular complexity index is 2140. The van der Waals surface area contributed by atoms with Crippen molar-refractivity contribution in [3.8, 4) is 43.5 Å². The first kappa shape index (κ1) is 26.0. The van der Waals surface area contributed by atoms with Crippen LogP contribution in [0.1, 0.15) is 5.56 Å². The van der Waals surface area contributed by atoms with Crippen molar-refractivity contribution in [2.75, 3.05) is 0 Å². The van der Waals surface area contributed by atoms with Crippen LogP contribution in [0.15, 0.2) is 97.1 Å². The summed E-state index contributed by atoms with van der Waals surface area (Å²) in [6.45, 7) is 1.94. The number of rotatable bonds is 4. The topological polar surface area (TPSA) is 38.7 Å². The van der Waals surface area contributed by atoms with Gasteiger partial charge in [0.25, 0.3) is 0 Å². The average Bonchev–Trinajstić information content (AvgIpc) is 3.47. The summed E-state index contributed by atoms with van der Waals surface area (Å²) in [5.41, 5.74) is 6.12. The molecular formula is C34H19F4N3S. The van der Waals surface area contributed by atoms with E-state index in [1.165, 1.54) is 59.9 Å². The molecule has 0 N–H and O–H groups in total. The van der Waals surface area contributed by atoms with Crippen LogP contribution in [0.5, 0.6) is 0 Å². The first-order valence-electron chi connectivity index (χ1n) is 13.0. The van der Waals surface area contributed by atoms with Crippen LogP contribution >= 0.6 is 11.3 Å². The molecule has 204 valence electrons. The molecule has 7 rings (SSSR count). The lowest BCUT2D eigenvalue weighted by Gasteiger charge is -2.15. The van der Waals surface area contributed by atoms with Gasteiger partial charge in [-0.1, -0.05) is 12.1 Å². The molecule has 3 heterocycles. The molecule has 0 amide bonds. The molecule has 0 saturated heterocycles. The van der Waals surface area contributed by atoms with Gasteiger partial charge in [0.2, 0.25) is 0 Å². The van der Waals surface area contributed by atoms with Gasteiger partial charge in [0.15, 0.2) is 0 Å². The maximum Gasteiger partial charge on any atom is 0.125 e. The molecule has 3 nitrogen and oxygen atoms in total. The minimum absolute atomic E-state index is 0.352. The predicted octanol–water partition coefficient (Wildman–Crippen LogP) is 9.77. The summed E-state index contributed by atoms with van der Waals surface area (Å²) >= 11 is 1.42. The minimum Gasteiger partial charge on any atom is -0.246 e. The molecule has 0 aliphatic heterocycles. The maximum atomic E-state index is 14.2. The fourth-order valence-corrected chi connectivity index (χ4v) is 6.14. The van der Waals surface area contributed by atoms with E-state index >= 15 is 0 Å². The lowest BCUT2D eigenvalue weighted by atomic mass is 9.95. The van der Waals surface area contributed by atoms with Crippen molar-refractivity contribution in [3.05, 3.63) is 126 Å². The van der Waals surface area contributed by atoms with Crippen LogP contribution in [-0.2, 0) is 0 Å². The van der Waals surface area contributed by atoms with Crippen LogP contribution in [0.25, 0.3) is 65.5 Å². The minimum atomic E-state index is -0.435. The van der Waals surface area contributed by atoms with Crippen molar-refractivity contribution in [1.29, 1.82) is 0 Å². The van der Waals surface area contributed by atoms with E-state index in [2.05, 4.69) is 0 Å². The molecule has 0 aliphatic carbocycles. The third kappa shape index (κ3) is 4.59. The molecule has 3 aromatic heterocycles. The van der Waals surface area contributed by atoms with Gasteiger partial charge >= 0.3 is 0 Å². The monoisotopic (exact) mass is 577 g/mol. The Balaban J connectivity index is 1.45. The summed E-state index contributed by atoms with van der Waals surface area (Å²) in [7, 11) is 0. The highest BCUT2D eigenvalue weighted by Gasteiger charge is 2.21. The molecule has 0 atom stereocenters. The fraction of sp³-hybridized carbons (Fsp3) is 0.0294. The van der Waals surface area contributed by atoms with Crippen molar-refractivity contribution in [2.24, 2.45) is 0 Å². The van der Waals surface area contributed by atoms with E-state index in [4.69, 9.17) is 15.0 Å². The number of aryl methyl sites for hydroxylation is 1. The number of pyridine rings is 1. The Kier molecular flexibility index (Phi) is 6.28. The van der Waals surface area contributed by atoms with Crippen molar-refractivity contribution >= 4 is 33.3 Å². The standard InChI is InChI=1S/C34H19F4N3S/c1-18-25-12-10-23(37)16-27(25)40-33(31(18)19-2-6-21(35)7-3-19)29-14-15-30(42-29)34-32(20-4-8-22(36)9-5-20)41-28-17-24(38)11-13-26(28)39-34/h2-17H,1H3. The molecule has 0 aliphatic rings. The lowest BCUT2D eigenvalue weighted by molar-refractivity contribution is 0.627. The predicted molar refractivity (Wildman–Crippen MR) is 159 cm³/mol. The van der Waals surface area contributed by atoms with Gasteiger partial charge in [-0.05, 0) is 90.8 Å². The van der Waals surface area contributed by atoms with Crippen molar-refractivity contribution in [3.63, 3.8) is 0 Å². The number of halogens is 4. The number of fused-ring (bicyclic) bond motifs is 2. The third-order valence-corrected chi connectivity index (χ3v) is 8.26. The second-order valence-corrected chi connectivity index (χ2v) is 10.9. The summed E-state index contributed by atoms with van der Waals surface area (Å²) < 4.78 is 55.9. The first-order valence-corrected chi connectivity index (χ1v) is 13.9. The Morgan fingerprint density at radius 3 is 1.69 bits per heavy atom. The number of hydrogen-bond acceptors (Lipinski definition) is 4. The number of hydrogen-bond donors (Lipinski definition) is 0. The highest BCUT2D eigenvalue weighted by molar-refractivity contribution is 7.18.